The highest BCUT2D eigenvalue weighted by Crippen LogP contribution is 2.19. The van der Waals surface area contributed by atoms with E-state index in [2.05, 4.69) is 65.9 Å². The van der Waals surface area contributed by atoms with Crippen molar-refractivity contribution < 1.29 is 4.52 Å². The van der Waals surface area contributed by atoms with Crippen LogP contribution in [0.1, 0.15) is 37.0 Å². The third-order valence-corrected chi connectivity index (χ3v) is 3.24. The van der Waals surface area contributed by atoms with Crippen LogP contribution in [-0.2, 0) is 6.54 Å². The van der Waals surface area contributed by atoms with Crippen molar-refractivity contribution in [1.82, 2.24) is 14.7 Å². The Morgan fingerprint density at radius 1 is 1.26 bits per heavy atom. The fraction of sp³-hybridized carbons (Fsp3) is 0.333. The molecule has 4 nitrogen and oxygen atoms in total. The second-order valence-electron chi connectivity index (χ2n) is 5.21. The van der Waals surface area contributed by atoms with Crippen LogP contribution >= 0.6 is 0 Å². The Morgan fingerprint density at radius 2 is 2.11 bits per heavy atom. The quantitative estimate of drug-likeness (QED) is 0.719. The Balaban J connectivity index is 1.94. The van der Waals surface area contributed by atoms with Gasteiger partial charge in [-0.15, -0.1) is 0 Å². The topological polar surface area (TPSA) is 43.9 Å². The average molecular weight is 255 g/mol. The molecular formula is C15H17N3O. The summed E-state index contributed by atoms with van der Waals surface area (Å²) in [5.41, 5.74) is 2.45. The molecule has 19 heavy (non-hydrogen) atoms. The summed E-state index contributed by atoms with van der Waals surface area (Å²) in [6, 6.07) is 8.54. The van der Waals surface area contributed by atoms with E-state index in [1.54, 1.807) is 0 Å². The molecule has 0 aliphatic rings. The van der Waals surface area contributed by atoms with Crippen molar-refractivity contribution >= 4 is 10.9 Å². The molecule has 0 saturated carbocycles. The maximum Gasteiger partial charge on any atom is 0.246 e. The molecule has 98 valence electrons. The summed E-state index contributed by atoms with van der Waals surface area (Å²) in [4.78, 5) is 4.42. The highest BCUT2D eigenvalue weighted by molar-refractivity contribution is 5.80. The lowest BCUT2D eigenvalue weighted by atomic mass is 10.2. The van der Waals surface area contributed by atoms with Gasteiger partial charge in [0, 0.05) is 17.6 Å². The minimum absolute atomic E-state index is 0.293. The van der Waals surface area contributed by atoms with Gasteiger partial charge in [0.1, 0.15) is 6.54 Å². The van der Waals surface area contributed by atoms with E-state index >= 15 is 0 Å². The zero-order valence-electron chi connectivity index (χ0n) is 11.4. The standard InChI is InChI=1S/C15H17N3O/c1-10(2)15-16-14(19-17-15)9-18-7-6-12-5-4-11(3)8-13(12)18/h4-8,10H,9H2,1-3H3. The molecule has 2 heterocycles. The third kappa shape index (κ3) is 2.26. The molecule has 0 fully saturated rings. The van der Waals surface area contributed by atoms with Gasteiger partial charge >= 0.3 is 0 Å². The van der Waals surface area contributed by atoms with Gasteiger partial charge in [-0.3, -0.25) is 0 Å². The van der Waals surface area contributed by atoms with Crippen LogP contribution in [0.3, 0.4) is 0 Å². The fourth-order valence-corrected chi connectivity index (χ4v) is 2.14. The van der Waals surface area contributed by atoms with Gasteiger partial charge in [0.15, 0.2) is 5.82 Å². The van der Waals surface area contributed by atoms with Crippen LogP contribution in [0.2, 0.25) is 0 Å². The summed E-state index contributed by atoms with van der Waals surface area (Å²) >= 11 is 0. The lowest BCUT2D eigenvalue weighted by Gasteiger charge is -2.02. The fourth-order valence-electron chi connectivity index (χ4n) is 2.14. The first kappa shape index (κ1) is 12.0. The van der Waals surface area contributed by atoms with E-state index in [0.717, 1.165) is 5.82 Å². The van der Waals surface area contributed by atoms with Crippen LogP contribution in [0.4, 0.5) is 0 Å². The molecule has 0 amide bonds. The zero-order valence-corrected chi connectivity index (χ0v) is 11.4. The second-order valence-corrected chi connectivity index (χ2v) is 5.21. The van der Waals surface area contributed by atoms with Gasteiger partial charge in [-0.2, -0.15) is 4.98 Å². The molecular weight excluding hydrogens is 238 g/mol. The van der Waals surface area contributed by atoms with Gasteiger partial charge < -0.3 is 9.09 Å². The molecule has 2 aromatic heterocycles. The Morgan fingerprint density at radius 3 is 2.84 bits per heavy atom. The van der Waals surface area contributed by atoms with Crippen LogP contribution in [-0.4, -0.2) is 14.7 Å². The van der Waals surface area contributed by atoms with Crippen LogP contribution in [0.25, 0.3) is 10.9 Å². The molecule has 0 N–H and O–H groups in total. The largest absolute Gasteiger partial charge is 0.338 e. The minimum Gasteiger partial charge on any atom is -0.338 e. The van der Waals surface area contributed by atoms with Crippen molar-refractivity contribution in [3.63, 3.8) is 0 Å². The SMILES string of the molecule is Cc1ccc2ccn(Cc3nc(C(C)C)no3)c2c1. The number of hydrogen-bond donors (Lipinski definition) is 0. The van der Waals surface area contributed by atoms with Crippen molar-refractivity contribution in [2.75, 3.05) is 0 Å². The Hall–Kier alpha value is -2.10. The number of rotatable bonds is 3. The summed E-state index contributed by atoms with van der Waals surface area (Å²) in [5.74, 6) is 1.71. The van der Waals surface area contributed by atoms with Crippen LogP contribution < -0.4 is 0 Å². The van der Waals surface area contributed by atoms with Gasteiger partial charge in [0.05, 0.1) is 0 Å². The summed E-state index contributed by atoms with van der Waals surface area (Å²) in [6.45, 7) is 6.83. The van der Waals surface area contributed by atoms with Gasteiger partial charge in [0.25, 0.3) is 0 Å². The molecule has 4 heteroatoms. The number of fused-ring (bicyclic) bond motifs is 1. The Bertz CT molecular complexity index is 709. The molecule has 0 saturated heterocycles. The summed E-state index contributed by atoms with van der Waals surface area (Å²) in [6.07, 6.45) is 2.06. The number of benzene rings is 1. The highest BCUT2D eigenvalue weighted by Gasteiger charge is 2.11. The first-order valence-electron chi connectivity index (χ1n) is 6.51. The normalized spacial score (nSPS) is 11.6. The molecule has 3 rings (SSSR count). The van der Waals surface area contributed by atoms with Crippen molar-refractivity contribution in [3.05, 3.63) is 47.7 Å². The first-order valence-corrected chi connectivity index (χ1v) is 6.51. The van der Waals surface area contributed by atoms with E-state index in [-0.39, 0.29) is 0 Å². The van der Waals surface area contributed by atoms with Crippen LogP contribution in [0.5, 0.6) is 0 Å². The van der Waals surface area contributed by atoms with E-state index in [1.165, 1.54) is 16.5 Å². The molecule has 0 unspecified atom stereocenters. The number of hydrogen-bond acceptors (Lipinski definition) is 3. The van der Waals surface area contributed by atoms with Crippen LogP contribution in [0, 0.1) is 6.92 Å². The second kappa shape index (κ2) is 4.53. The molecule has 0 radical (unpaired) electrons. The van der Waals surface area contributed by atoms with E-state index < -0.39 is 0 Å². The smallest absolute Gasteiger partial charge is 0.246 e. The lowest BCUT2D eigenvalue weighted by Crippen LogP contribution is -1.99. The average Bonchev–Trinajstić information content (AvgIpc) is 2.98. The number of aryl methyl sites for hydroxylation is 1. The van der Waals surface area contributed by atoms with E-state index in [1.807, 2.05) is 0 Å². The maximum atomic E-state index is 5.30. The third-order valence-electron chi connectivity index (χ3n) is 3.24. The molecule has 0 aliphatic carbocycles. The first-order chi connectivity index (χ1) is 9.13. The zero-order chi connectivity index (χ0) is 13.4. The van der Waals surface area contributed by atoms with E-state index in [0.29, 0.717) is 18.4 Å². The summed E-state index contributed by atoms with van der Waals surface area (Å²) in [5, 5.41) is 5.23. The molecule has 3 aromatic rings. The van der Waals surface area contributed by atoms with Gasteiger partial charge in [-0.05, 0) is 30.0 Å². The molecule has 0 spiro atoms. The molecule has 0 bridgehead atoms. The monoisotopic (exact) mass is 255 g/mol. The highest BCUT2D eigenvalue weighted by atomic mass is 16.5. The maximum absolute atomic E-state index is 5.30. The summed E-state index contributed by atoms with van der Waals surface area (Å²) in [7, 11) is 0. The predicted molar refractivity (Wildman–Crippen MR) is 74.2 cm³/mol. The molecule has 0 atom stereocenters. The van der Waals surface area contributed by atoms with E-state index in [9.17, 15) is 0 Å². The Labute approximate surface area is 112 Å². The van der Waals surface area contributed by atoms with Gasteiger partial charge in [0.2, 0.25) is 5.89 Å². The molecule has 0 aliphatic heterocycles. The predicted octanol–water partition coefficient (Wildman–Crippen LogP) is 3.50. The summed E-state index contributed by atoms with van der Waals surface area (Å²) < 4.78 is 7.44. The van der Waals surface area contributed by atoms with Crippen molar-refractivity contribution in [1.29, 1.82) is 0 Å². The van der Waals surface area contributed by atoms with Gasteiger partial charge in [-0.25, -0.2) is 0 Å². The van der Waals surface area contributed by atoms with Crippen molar-refractivity contribution in [2.45, 2.75) is 33.2 Å². The van der Waals surface area contributed by atoms with Crippen molar-refractivity contribution in [3.8, 4) is 0 Å². The van der Waals surface area contributed by atoms with Crippen LogP contribution in [0.15, 0.2) is 35.0 Å². The van der Waals surface area contributed by atoms with Gasteiger partial charge in [-0.1, -0.05) is 31.1 Å². The number of nitrogens with zero attached hydrogens (tertiary/aromatic N) is 3. The lowest BCUT2D eigenvalue weighted by molar-refractivity contribution is 0.366. The minimum atomic E-state index is 0.293. The van der Waals surface area contributed by atoms with E-state index in [4.69, 9.17) is 4.52 Å². The van der Waals surface area contributed by atoms with Crippen molar-refractivity contribution in [2.24, 2.45) is 0 Å². The molecule has 1 aromatic carbocycles. The number of aromatic nitrogens is 3. The Kier molecular flexibility index (Phi) is 2.85.